The van der Waals surface area contributed by atoms with E-state index in [-0.39, 0.29) is 11.9 Å². The summed E-state index contributed by atoms with van der Waals surface area (Å²) in [7, 11) is 0. The van der Waals surface area contributed by atoms with Gasteiger partial charge in [-0.2, -0.15) is 0 Å². The van der Waals surface area contributed by atoms with Gasteiger partial charge in [-0.1, -0.05) is 50.9 Å². The molecule has 5 heteroatoms. The van der Waals surface area contributed by atoms with Gasteiger partial charge in [-0.3, -0.25) is 4.79 Å². The average Bonchev–Trinajstić information content (AvgIpc) is 2.45. The Bertz CT molecular complexity index is 641. The predicted molar refractivity (Wildman–Crippen MR) is 93.2 cm³/mol. The van der Waals surface area contributed by atoms with E-state index in [4.69, 9.17) is 5.73 Å². The van der Waals surface area contributed by atoms with Gasteiger partial charge < -0.3 is 11.1 Å². The van der Waals surface area contributed by atoms with E-state index < -0.39 is 0 Å². The van der Waals surface area contributed by atoms with Crippen LogP contribution in [0.4, 0.5) is 5.69 Å². The van der Waals surface area contributed by atoms with Crippen molar-refractivity contribution < 1.29 is 4.79 Å². The summed E-state index contributed by atoms with van der Waals surface area (Å²) in [6.07, 6.45) is 0.809. The van der Waals surface area contributed by atoms with Crippen molar-refractivity contribution >= 4 is 43.5 Å². The molecule has 2 rings (SSSR count). The molecule has 1 amide bonds. The average molecular weight is 412 g/mol. The van der Waals surface area contributed by atoms with Crippen molar-refractivity contribution in [3.8, 4) is 0 Å². The highest BCUT2D eigenvalue weighted by Gasteiger charge is 2.16. The number of carbonyl (C=O) groups excluding carboxylic acids is 1. The van der Waals surface area contributed by atoms with Crippen molar-refractivity contribution in [1.29, 1.82) is 0 Å². The molecule has 1 unspecified atom stereocenters. The third-order valence-corrected chi connectivity index (χ3v) is 4.27. The van der Waals surface area contributed by atoms with Gasteiger partial charge in [0.2, 0.25) is 0 Å². The fourth-order valence-electron chi connectivity index (χ4n) is 2.09. The minimum atomic E-state index is -0.158. The number of nitrogen functional groups attached to an aromatic ring is 1. The fourth-order valence-corrected chi connectivity index (χ4v) is 2.74. The highest BCUT2D eigenvalue weighted by Crippen LogP contribution is 2.22. The smallest absolute Gasteiger partial charge is 0.253 e. The SMILES string of the molecule is CCC(NC(=O)c1ccc(Br)cc1N)c1ccc(Br)cc1. The number of anilines is 1. The standard InChI is InChI=1S/C16H16Br2N2O/c1-2-15(10-3-5-11(17)6-4-10)20-16(21)13-8-7-12(18)9-14(13)19/h3-9,15H,2,19H2,1H3,(H,20,21). The molecule has 0 radical (unpaired) electrons. The molecule has 0 aliphatic heterocycles. The predicted octanol–water partition coefficient (Wildman–Crippen LogP) is 4.67. The van der Waals surface area contributed by atoms with Crippen molar-refractivity contribution in [2.24, 2.45) is 0 Å². The van der Waals surface area contributed by atoms with Crippen LogP contribution in [0.2, 0.25) is 0 Å². The van der Waals surface area contributed by atoms with Crippen LogP contribution in [-0.4, -0.2) is 5.91 Å². The molecule has 0 saturated heterocycles. The second-order valence-electron chi connectivity index (χ2n) is 4.72. The van der Waals surface area contributed by atoms with Gasteiger partial charge in [-0.15, -0.1) is 0 Å². The monoisotopic (exact) mass is 410 g/mol. The lowest BCUT2D eigenvalue weighted by Gasteiger charge is -2.18. The third kappa shape index (κ3) is 4.08. The molecule has 2 aromatic rings. The zero-order valence-electron chi connectivity index (χ0n) is 11.6. The molecule has 0 aromatic heterocycles. The van der Waals surface area contributed by atoms with Crippen LogP contribution in [0.3, 0.4) is 0 Å². The molecule has 0 bridgehead atoms. The number of carbonyl (C=O) groups is 1. The van der Waals surface area contributed by atoms with Crippen LogP contribution in [0.1, 0.15) is 35.3 Å². The lowest BCUT2D eigenvalue weighted by atomic mass is 10.0. The zero-order valence-corrected chi connectivity index (χ0v) is 14.7. The Balaban J connectivity index is 2.18. The maximum atomic E-state index is 12.4. The van der Waals surface area contributed by atoms with E-state index in [1.54, 1.807) is 12.1 Å². The second kappa shape index (κ2) is 7.09. The Kier molecular flexibility index (Phi) is 5.42. The molecular formula is C16H16Br2N2O. The summed E-state index contributed by atoms with van der Waals surface area (Å²) in [6.45, 7) is 2.04. The molecule has 0 saturated carbocycles. The molecule has 3 N–H and O–H groups in total. The molecule has 0 aliphatic rings. The number of benzene rings is 2. The molecule has 21 heavy (non-hydrogen) atoms. The maximum absolute atomic E-state index is 12.4. The molecule has 110 valence electrons. The van der Waals surface area contributed by atoms with Crippen molar-refractivity contribution in [2.45, 2.75) is 19.4 Å². The van der Waals surface area contributed by atoms with E-state index in [2.05, 4.69) is 37.2 Å². The van der Waals surface area contributed by atoms with E-state index in [9.17, 15) is 4.79 Å². The van der Waals surface area contributed by atoms with Gasteiger partial charge in [0.05, 0.1) is 11.6 Å². The molecule has 0 fully saturated rings. The Morgan fingerprint density at radius 1 is 1.14 bits per heavy atom. The minimum absolute atomic E-state index is 0.0337. The molecule has 3 nitrogen and oxygen atoms in total. The summed E-state index contributed by atoms with van der Waals surface area (Å²) >= 11 is 6.75. The number of nitrogens with two attached hydrogens (primary N) is 1. The highest BCUT2D eigenvalue weighted by molar-refractivity contribution is 9.10. The first-order valence-electron chi connectivity index (χ1n) is 6.62. The van der Waals surface area contributed by atoms with Gasteiger partial charge >= 0.3 is 0 Å². The Labute approximate surface area is 141 Å². The number of amides is 1. The third-order valence-electron chi connectivity index (χ3n) is 3.24. The largest absolute Gasteiger partial charge is 0.398 e. The van der Waals surface area contributed by atoms with Crippen molar-refractivity contribution in [3.63, 3.8) is 0 Å². The number of hydrogen-bond donors (Lipinski definition) is 2. The zero-order chi connectivity index (χ0) is 15.4. The maximum Gasteiger partial charge on any atom is 0.253 e. The van der Waals surface area contributed by atoms with Crippen molar-refractivity contribution in [2.75, 3.05) is 5.73 Å². The molecule has 0 aliphatic carbocycles. The van der Waals surface area contributed by atoms with Crippen LogP contribution in [0, 0.1) is 0 Å². The van der Waals surface area contributed by atoms with Crippen molar-refractivity contribution in [3.05, 3.63) is 62.5 Å². The normalized spacial score (nSPS) is 12.0. The van der Waals surface area contributed by atoms with Gasteiger partial charge in [0.15, 0.2) is 0 Å². The number of nitrogens with one attached hydrogen (secondary N) is 1. The van der Waals surface area contributed by atoms with E-state index in [0.717, 1.165) is 20.9 Å². The van der Waals surface area contributed by atoms with E-state index in [1.165, 1.54) is 0 Å². The first kappa shape index (κ1) is 16.0. The fraction of sp³-hybridized carbons (Fsp3) is 0.188. The van der Waals surface area contributed by atoms with Crippen LogP contribution in [0.15, 0.2) is 51.4 Å². The van der Waals surface area contributed by atoms with Gasteiger partial charge in [0.1, 0.15) is 0 Å². The van der Waals surface area contributed by atoms with E-state index in [0.29, 0.717) is 11.3 Å². The second-order valence-corrected chi connectivity index (χ2v) is 6.55. The summed E-state index contributed by atoms with van der Waals surface area (Å²) in [6, 6.07) is 13.2. The first-order chi connectivity index (χ1) is 10.0. The van der Waals surface area contributed by atoms with Crippen LogP contribution in [0.25, 0.3) is 0 Å². The van der Waals surface area contributed by atoms with Gasteiger partial charge in [0, 0.05) is 14.6 Å². The molecule has 0 spiro atoms. The molecule has 1 atom stereocenters. The van der Waals surface area contributed by atoms with E-state index in [1.807, 2.05) is 37.3 Å². The quantitative estimate of drug-likeness (QED) is 0.718. The van der Waals surface area contributed by atoms with Crippen LogP contribution >= 0.6 is 31.9 Å². The number of hydrogen-bond acceptors (Lipinski definition) is 2. The lowest BCUT2D eigenvalue weighted by Crippen LogP contribution is -2.28. The van der Waals surface area contributed by atoms with Crippen LogP contribution in [-0.2, 0) is 0 Å². The summed E-state index contributed by atoms with van der Waals surface area (Å²) in [4.78, 5) is 12.4. The topological polar surface area (TPSA) is 55.1 Å². The van der Waals surface area contributed by atoms with Gasteiger partial charge in [0.25, 0.3) is 5.91 Å². The summed E-state index contributed by atoms with van der Waals surface area (Å²) in [5.74, 6) is -0.158. The Morgan fingerprint density at radius 3 is 2.33 bits per heavy atom. The number of halogens is 2. The summed E-state index contributed by atoms with van der Waals surface area (Å²) in [5, 5.41) is 3.03. The Morgan fingerprint density at radius 2 is 1.76 bits per heavy atom. The Hall–Kier alpha value is -1.33. The first-order valence-corrected chi connectivity index (χ1v) is 8.21. The molecule has 2 aromatic carbocycles. The summed E-state index contributed by atoms with van der Waals surface area (Å²) in [5.41, 5.74) is 7.93. The molecular weight excluding hydrogens is 396 g/mol. The van der Waals surface area contributed by atoms with Crippen LogP contribution in [0.5, 0.6) is 0 Å². The van der Waals surface area contributed by atoms with Crippen molar-refractivity contribution in [1.82, 2.24) is 5.32 Å². The molecule has 0 heterocycles. The highest BCUT2D eigenvalue weighted by atomic mass is 79.9. The number of rotatable bonds is 4. The van der Waals surface area contributed by atoms with Gasteiger partial charge in [-0.05, 0) is 42.3 Å². The lowest BCUT2D eigenvalue weighted by molar-refractivity contribution is 0.0936. The van der Waals surface area contributed by atoms with E-state index >= 15 is 0 Å². The van der Waals surface area contributed by atoms with Gasteiger partial charge in [-0.25, -0.2) is 0 Å². The van der Waals surface area contributed by atoms with Crippen LogP contribution < -0.4 is 11.1 Å². The minimum Gasteiger partial charge on any atom is -0.398 e. The summed E-state index contributed by atoms with van der Waals surface area (Å²) < 4.78 is 1.88.